The Hall–Kier alpha value is -2.94. The van der Waals surface area contributed by atoms with Crippen molar-refractivity contribution in [2.45, 2.75) is 32.2 Å². The number of ether oxygens (including phenoxy) is 1. The SMILES string of the molecule is CO[C@@H](C)[C@H](C)n1nnc(-c2ccccc2Nc2ccc(C(F)(F)F)cc2)n1. The highest BCUT2D eigenvalue weighted by Crippen LogP contribution is 2.32. The summed E-state index contributed by atoms with van der Waals surface area (Å²) in [6.07, 6.45) is -4.46. The zero-order chi connectivity index (χ0) is 20.3. The molecule has 0 saturated carbocycles. The second-order valence-corrected chi connectivity index (χ2v) is 6.36. The molecule has 9 heteroatoms. The number of nitrogens with zero attached hydrogens (tertiary/aromatic N) is 4. The van der Waals surface area contributed by atoms with E-state index in [1.807, 2.05) is 32.0 Å². The van der Waals surface area contributed by atoms with Crippen molar-refractivity contribution >= 4 is 11.4 Å². The van der Waals surface area contributed by atoms with Gasteiger partial charge in [0.25, 0.3) is 0 Å². The zero-order valence-corrected chi connectivity index (χ0v) is 15.6. The predicted octanol–water partition coefficient (Wildman–Crippen LogP) is 4.70. The lowest BCUT2D eigenvalue weighted by Crippen LogP contribution is -2.22. The maximum atomic E-state index is 12.7. The first-order valence-corrected chi connectivity index (χ1v) is 8.65. The standard InChI is InChI=1S/C19H20F3N5O/c1-12(13(2)28-3)27-25-18(24-26-27)16-6-4-5-7-17(16)23-15-10-8-14(9-11-15)19(20,21)22/h4-13,23H,1-3H3/t12-,13-/m0/s1. The number of halogens is 3. The number of tetrazole rings is 1. The number of methoxy groups -OCH3 is 1. The van der Waals surface area contributed by atoms with E-state index in [9.17, 15) is 13.2 Å². The smallest absolute Gasteiger partial charge is 0.379 e. The Bertz CT molecular complexity index is 924. The van der Waals surface area contributed by atoms with Gasteiger partial charge in [-0.2, -0.15) is 18.0 Å². The van der Waals surface area contributed by atoms with Gasteiger partial charge in [0.1, 0.15) is 0 Å². The minimum atomic E-state index is -4.37. The van der Waals surface area contributed by atoms with Crippen LogP contribution in [0.3, 0.4) is 0 Å². The molecule has 0 spiro atoms. The summed E-state index contributed by atoms with van der Waals surface area (Å²) in [4.78, 5) is 1.48. The van der Waals surface area contributed by atoms with Crippen LogP contribution in [0.5, 0.6) is 0 Å². The molecule has 0 aliphatic carbocycles. The van der Waals surface area contributed by atoms with Crippen LogP contribution in [0.25, 0.3) is 11.4 Å². The third-order valence-corrected chi connectivity index (χ3v) is 4.50. The quantitative estimate of drug-likeness (QED) is 0.660. The van der Waals surface area contributed by atoms with E-state index >= 15 is 0 Å². The molecule has 0 aliphatic rings. The molecule has 0 fully saturated rings. The maximum absolute atomic E-state index is 12.7. The third kappa shape index (κ3) is 4.30. The molecule has 0 unspecified atom stereocenters. The van der Waals surface area contributed by atoms with Crippen LogP contribution >= 0.6 is 0 Å². The van der Waals surface area contributed by atoms with Gasteiger partial charge in [-0.25, -0.2) is 0 Å². The van der Waals surface area contributed by atoms with Crippen LogP contribution in [0.1, 0.15) is 25.5 Å². The Morgan fingerprint density at radius 3 is 2.36 bits per heavy atom. The number of anilines is 2. The predicted molar refractivity (Wildman–Crippen MR) is 99.2 cm³/mol. The first kappa shape index (κ1) is 19.8. The van der Waals surface area contributed by atoms with E-state index in [0.717, 1.165) is 12.1 Å². The molecule has 1 aromatic heterocycles. The summed E-state index contributed by atoms with van der Waals surface area (Å²) in [6, 6.07) is 12.0. The van der Waals surface area contributed by atoms with Crippen LogP contribution in [-0.4, -0.2) is 33.4 Å². The summed E-state index contributed by atoms with van der Waals surface area (Å²) in [5.41, 5.74) is 1.17. The van der Waals surface area contributed by atoms with Crippen molar-refractivity contribution in [1.82, 2.24) is 20.2 Å². The van der Waals surface area contributed by atoms with Crippen LogP contribution in [0.2, 0.25) is 0 Å². The molecule has 2 aromatic carbocycles. The Morgan fingerprint density at radius 2 is 1.71 bits per heavy atom. The molecule has 0 bridgehead atoms. The Kier molecular flexibility index (Phi) is 5.64. The first-order chi connectivity index (χ1) is 13.3. The number of alkyl halides is 3. The summed E-state index contributed by atoms with van der Waals surface area (Å²) in [7, 11) is 1.61. The maximum Gasteiger partial charge on any atom is 0.416 e. The van der Waals surface area contributed by atoms with Crippen LogP contribution in [0.15, 0.2) is 48.5 Å². The van der Waals surface area contributed by atoms with Gasteiger partial charge in [0.05, 0.1) is 17.7 Å². The molecule has 2 atom stereocenters. The summed E-state index contributed by atoms with van der Waals surface area (Å²) < 4.78 is 43.5. The largest absolute Gasteiger partial charge is 0.416 e. The van der Waals surface area contributed by atoms with Gasteiger partial charge in [0, 0.05) is 24.0 Å². The molecule has 6 nitrogen and oxygen atoms in total. The summed E-state index contributed by atoms with van der Waals surface area (Å²) in [5.74, 6) is 0.408. The summed E-state index contributed by atoms with van der Waals surface area (Å²) in [5, 5.41) is 15.7. The van der Waals surface area contributed by atoms with Gasteiger partial charge in [0.2, 0.25) is 5.82 Å². The Labute approximate surface area is 160 Å². The normalized spacial score (nSPS) is 13.9. The molecule has 3 aromatic rings. The molecule has 28 heavy (non-hydrogen) atoms. The molecule has 0 saturated heterocycles. The second kappa shape index (κ2) is 7.97. The average Bonchev–Trinajstić information content (AvgIpc) is 3.17. The number of rotatable bonds is 6. The molecule has 3 rings (SSSR count). The molecule has 1 N–H and O–H groups in total. The fourth-order valence-electron chi connectivity index (χ4n) is 2.58. The van der Waals surface area contributed by atoms with Crippen molar-refractivity contribution < 1.29 is 17.9 Å². The van der Waals surface area contributed by atoms with E-state index in [2.05, 4.69) is 20.7 Å². The van der Waals surface area contributed by atoms with Gasteiger partial charge in [-0.1, -0.05) is 12.1 Å². The van der Waals surface area contributed by atoms with Gasteiger partial charge >= 0.3 is 6.18 Å². The van der Waals surface area contributed by atoms with Crippen LogP contribution in [0, 0.1) is 0 Å². The molecule has 0 aliphatic heterocycles. The number of nitrogens with one attached hydrogen (secondary N) is 1. The highest BCUT2D eigenvalue weighted by atomic mass is 19.4. The highest BCUT2D eigenvalue weighted by Gasteiger charge is 2.30. The van der Waals surface area contributed by atoms with E-state index in [1.165, 1.54) is 16.9 Å². The second-order valence-electron chi connectivity index (χ2n) is 6.36. The van der Waals surface area contributed by atoms with E-state index < -0.39 is 11.7 Å². The average molecular weight is 391 g/mol. The van der Waals surface area contributed by atoms with Gasteiger partial charge in [-0.15, -0.1) is 10.2 Å². The number of benzene rings is 2. The minimum absolute atomic E-state index is 0.0948. The van der Waals surface area contributed by atoms with Gasteiger partial charge in [-0.05, 0) is 55.5 Å². The molecule has 0 amide bonds. The number of hydrogen-bond donors (Lipinski definition) is 1. The Morgan fingerprint density at radius 1 is 1.04 bits per heavy atom. The van der Waals surface area contributed by atoms with Gasteiger partial charge in [0.15, 0.2) is 0 Å². The number of para-hydroxylation sites is 1. The summed E-state index contributed by atoms with van der Waals surface area (Å²) >= 11 is 0. The van der Waals surface area contributed by atoms with E-state index in [-0.39, 0.29) is 12.1 Å². The molecular weight excluding hydrogens is 371 g/mol. The minimum Gasteiger partial charge on any atom is -0.379 e. The van der Waals surface area contributed by atoms with Crippen molar-refractivity contribution in [2.24, 2.45) is 0 Å². The first-order valence-electron chi connectivity index (χ1n) is 8.65. The van der Waals surface area contributed by atoms with E-state index in [0.29, 0.717) is 22.8 Å². The topological polar surface area (TPSA) is 64.9 Å². The third-order valence-electron chi connectivity index (χ3n) is 4.50. The van der Waals surface area contributed by atoms with Crippen molar-refractivity contribution in [3.05, 3.63) is 54.1 Å². The van der Waals surface area contributed by atoms with Gasteiger partial charge < -0.3 is 10.1 Å². The number of aromatic nitrogens is 4. The zero-order valence-electron chi connectivity index (χ0n) is 15.6. The van der Waals surface area contributed by atoms with Crippen molar-refractivity contribution in [3.8, 4) is 11.4 Å². The fourth-order valence-corrected chi connectivity index (χ4v) is 2.58. The van der Waals surface area contributed by atoms with Gasteiger partial charge in [-0.3, -0.25) is 0 Å². The molecular formula is C19H20F3N5O. The lowest BCUT2D eigenvalue weighted by Gasteiger charge is -2.16. The van der Waals surface area contributed by atoms with Crippen molar-refractivity contribution in [3.63, 3.8) is 0 Å². The van der Waals surface area contributed by atoms with Crippen LogP contribution < -0.4 is 5.32 Å². The molecule has 148 valence electrons. The number of hydrogen-bond acceptors (Lipinski definition) is 5. The lowest BCUT2D eigenvalue weighted by molar-refractivity contribution is -0.137. The van der Waals surface area contributed by atoms with Crippen molar-refractivity contribution in [2.75, 3.05) is 12.4 Å². The van der Waals surface area contributed by atoms with Crippen LogP contribution in [0.4, 0.5) is 24.5 Å². The van der Waals surface area contributed by atoms with Crippen LogP contribution in [-0.2, 0) is 10.9 Å². The van der Waals surface area contributed by atoms with E-state index in [1.54, 1.807) is 13.2 Å². The van der Waals surface area contributed by atoms with Crippen molar-refractivity contribution in [1.29, 1.82) is 0 Å². The monoisotopic (exact) mass is 391 g/mol. The fraction of sp³-hybridized carbons (Fsp3) is 0.316. The van der Waals surface area contributed by atoms with E-state index in [4.69, 9.17) is 4.74 Å². The molecule has 1 heterocycles. The Balaban J connectivity index is 1.85. The summed E-state index contributed by atoms with van der Waals surface area (Å²) in [6.45, 7) is 3.83. The molecule has 0 radical (unpaired) electrons. The highest BCUT2D eigenvalue weighted by molar-refractivity contribution is 5.77. The lowest BCUT2D eigenvalue weighted by atomic mass is 10.1.